The Labute approximate surface area is 70.3 Å². The number of nitrogens with one attached hydrogen (secondary N) is 1. The van der Waals surface area contributed by atoms with E-state index in [1.807, 2.05) is 6.92 Å². The second-order valence-corrected chi connectivity index (χ2v) is 3.05. The summed E-state index contributed by atoms with van der Waals surface area (Å²) in [6.45, 7) is 2.84. The minimum absolute atomic E-state index is 0.220. The molecule has 1 aliphatic heterocycles. The molecule has 2 unspecified atom stereocenters. The summed E-state index contributed by atoms with van der Waals surface area (Å²) < 4.78 is 5.40. The number of aromatic amines is 1. The van der Waals surface area contributed by atoms with Crippen molar-refractivity contribution in [1.29, 1.82) is 0 Å². The maximum Gasteiger partial charge on any atom is 0.239 e. The van der Waals surface area contributed by atoms with Crippen molar-refractivity contribution in [3.8, 4) is 0 Å². The van der Waals surface area contributed by atoms with E-state index in [0.29, 0.717) is 11.9 Å². The molecule has 12 heavy (non-hydrogen) atoms. The van der Waals surface area contributed by atoms with Gasteiger partial charge in [0.1, 0.15) is 5.82 Å². The smallest absolute Gasteiger partial charge is 0.239 e. The van der Waals surface area contributed by atoms with E-state index < -0.39 is 0 Å². The molecule has 0 bridgehead atoms. The van der Waals surface area contributed by atoms with Gasteiger partial charge in [-0.1, -0.05) is 0 Å². The lowest BCUT2D eigenvalue weighted by Crippen LogP contribution is -2.10. The molecule has 3 N–H and O–H groups in total. The molecular weight excluding hydrogens is 156 g/mol. The SMILES string of the molecule is CC1OCCC1c1nc(N)n[nH]1. The Morgan fingerprint density at radius 3 is 3.00 bits per heavy atom. The topological polar surface area (TPSA) is 76.8 Å². The zero-order valence-electron chi connectivity index (χ0n) is 6.95. The minimum atomic E-state index is 0.220. The van der Waals surface area contributed by atoms with Gasteiger partial charge < -0.3 is 10.5 Å². The molecule has 0 aromatic carbocycles. The minimum Gasteiger partial charge on any atom is -0.378 e. The number of H-pyrrole nitrogens is 1. The Balaban J connectivity index is 2.19. The molecule has 0 aliphatic carbocycles. The van der Waals surface area contributed by atoms with Gasteiger partial charge in [-0.3, -0.25) is 5.10 Å². The van der Waals surface area contributed by atoms with Gasteiger partial charge >= 0.3 is 0 Å². The number of aromatic nitrogens is 3. The maximum absolute atomic E-state index is 5.40. The Hall–Kier alpha value is -1.10. The number of anilines is 1. The van der Waals surface area contributed by atoms with Gasteiger partial charge in [0, 0.05) is 12.5 Å². The predicted octanol–water partition coefficient (Wildman–Crippen LogP) is 0.279. The first-order valence-corrected chi connectivity index (χ1v) is 4.07. The molecule has 0 radical (unpaired) electrons. The lowest BCUT2D eigenvalue weighted by atomic mass is 10.0. The number of nitrogen functional groups attached to an aromatic ring is 1. The van der Waals surface area contributed by atoms with Crippen LogP contribution in [0.25, 0.3) is 0 Å². The van der Waals surface area contributed by atoms with E-state index in [-0.39, 0.29) is 6.10 Å². The molecule has 0 saturated carbocycles. The molecule has 5 nitrogen and oxygen atoms in total. The summed E-state index contributed by atoms with van der Waals surface area (Å²) in [5.41, 5.74) is 5.40. The summed E-state index contributed by atoms with van der Waals surface area (Å²) in [7, 11) is 0. The number of hydrogen-bond donors (Lipinski definition) is 2. The molecule has 66 valence electrons. The lowest BCUT2D eigenvalue weighted by Gasteiger charge is -2.09. The molecule has 1 aliphatic rings. The quantitative estimate of drug-likeness (QED) is 0.631. The van der Waals surface area contributed by atoms with Gasteiger partial charge in [0.25, 0.3) is 0 Å². The van der Waals surface area contributed by atoms with Crippen LogP contribution >= 0.6 is 0 Å². The van der Waals surface area contributed by atoms with Crippen LogP contribution in [-0.2, 0) is 4.74 Å². The molecule has 1 fully saturated rings. The third-order valence-electron chi connectivity index (χ3n) is 2.25. The Morgan fingerprint density at radius 1 is 1.67 bits per heavy atom. The van der Waals surface area contributed by atoms with Gasteiger partial charge in [-0.15, -0.1) is 5.10 Å². The average Bonchev–Trinajstić information content (AvgIpc) is 2.58. The number of nitrogens with zero attached hydrogens (tertiary/aromatic N) is 2. The molecule has 0 amide bonds. The van der Waals surface area contributed by atoms with Gasteiger partial charge in [0.05, 0.1) is 6.10 Å². The molecule has 5 heteroatoms. The Kier molecular flexibility index (Phi) is 1.73. The van der Waals surface area contributed by atoms with Crippen LogP contribution in [-0.4, -0.2) is 27.9 Å². The molecule has 2 heterocycles. The predicted molar refractivity (Wildman–Crippen MR) is 43.6 cm³/mol. The van der Waals surface area contributed by atoms with E-state index in [1.165, 1.54) is 0 Å². The molecule has 1 aromatic heterocycles. The number of hydrogen-bond acceptors (Lipinski definition) is 4. The normalized spacial score (nSPS) is 29.4. The number of nitrogens with two attached hydrogens (primary N) is 1. The fourth-order valence-corrected chi connectivity index (χ4v) is 1.54. The highest BCUT2D eigenvalue weighted by molar-refractivity contribution is 5.15. The third kappa shape index (κ3) is 1.16. The summed E-state index contributed by atoms with van der Waals surface area (Å²) in [5, 5.41) is 6.59. The molecule has 1 saturated heterocycles. The Bertz CT molecular complexity index is 272. The van der Waals surface area contributed by atoms with Crippen LogP contribution in [0.1, 0.15) is 25.1 Å². The Morgan fingerprint density at radius 2 is 2.50 bits per heavy atom. The molecule has 0 spiro atoms. The first-order chi connectivity index (χ1) is 5.77. The molecule has 1 aromatic rings. The zero-order chi connectivity index (χ0) is 8.55. The van der Waals surface area contributed by atoms with Crippen molar-refractivity contribution in [1.82, 2.24) is 15.2 Å². The van der Waals surface area contributed by atoms with E-state index >= 15 is 0 Å². The summed E-state index contributed by atoms with van der Waals surface area (Å²) >= 11 is 0. The monoisotopic (exact) mass is 168 g/mol. The molecular formula is C7H12N4O. The van der Waals surface area contributed by atoms with Crippen molar-refractivity contribution in [3.05, 3.63) is 5.82 Å². The van der Waals surface area contributed by atoms with Crippen molar-refractivity contribution in [3.63, 3.8) is 0 Å². The largest absolute Gasteiger partial charge is 0.378 e. The van der Waals surface area contributed by atoms with Gasteiger partial charge in [-0.2, -0.15) is 4.98 Å². The van der Waals surface area contributed by atoms with Crippen LogP contribution < -0.4 is 5.73 Å². The van der Waals surface area contributed by atoms with Gasteiger partial charge in [-0.05, 0) is 13.3 Å². The second kappa shape index (κ2) is 2.75. The summed E-state index contributed by atoms with van der Waals surface area (Å²) in [6.07, 6.45) is 1.22. The van der Waals surface area contributed by atoms with E-state index in [0.717, 1.165) is 18.9 Å². The lowest BCUT2D eigenvalue weighted by molar-refractivity contribution is 0.117. The van der Waals surface area contributed by atoms with Crippen molar-refractivity contribution < 1.29 is 4.74 Å². The van der Waals surface area contributed by atoms with Crippen molar-refractivity contribution in [2.24, 2.45) is 0 Å². The fourth-order valence-electron chi connectivity index (χ4n) is 1.54. The molecule has 2 rings (SSSR count). The number of rotatable bonds is 1. The second-order valence-electron chi connectivity index (χ2n) is 3.05. The number of ether oxygens (including phenoxy) is 1. The van der Waals surface area contributed by atoms with Gasteiger partial charge in [-0.25, -0.2) is 0 Å². The maximum atomic E-state index is 5.40. The van der Waals surface area contributed by atoms with E-state index in [2.05, 4.69) is 15.2 Å². The summed E-state index contributed by atoms with van der Waals surface area (Å²) in [5.74, 6) is 1.48. The summed E-state index contributed by atoms with van der Waals surface area (Å²) in [6, 6.07) is 0. The van der Waals surface area contributed by atoms with Crippen molar-refractivity contribution in [2.75, 3.05) is 12.3 Å². The average molecular weight is 168 g/mol. The highest BCUT2D eigenvalue weighted by atomic mass is 16.5. The van der Waals surface area contributed by atoms with Crippen LogP contribution in [0.2, 0.25) is 0 Å². The molecule has 2 atom stereocenters. The van der Waals surface area contributed by atoms with Crippen LogP contribution in [0.3, 0.4) is 0 Å². The highest BCUT2D eigenvalue weighted by Gasteiger charge is 2.28. The highest BCUT2D eigenvalue weighted by Crippen LogP contribution is 2.28. The fraction of sp³-hybridized carbons (Fsp3) is 0.714. The van der Waals surface area contributed by atoms with E-state index in [1.54, 1.807) is 0 Å². The summed E-state index contributed by atoms with van der Waals surface area (Å²) in [4.78, 5) is 4.07. The van der Waals surface area contributed by atoms with Crippen molar-refractivity contribution >= 4 is 5.95 Å². The van der Waals surface area contributed by atoms with Crippen molar-refractivity contribution in [2.45, 2.75) is 25.4 Å². The first-order valence-electron chi connectivity index (χ1n) is 4.07. The van der Waals surface area contributed by atoms with Gasteiger partial charge in [0.2, 0.25) is 5.95 Å². The third-order valence-corrected chi connectivity index (χ3v) is 2.25. The standard InChI is InChI=1S/C7H12N4O/c1-4-5(2-3-12-4)6-9-7(8)11-10-6/h4-5H,2-3H2,1H3,(H3,8,9,10,11). The van der Waals surface area contributed by atoms with Gasteiger partial charge in [0.15, 0.2) is 0 Å². The van der Waals surface area contributed by atoms with Crippen LogP contribution in [0.15, 0.2) is 0 Å². The van der Waals surface area contributed by atoms with Crippen LogP contribution in [0.5, 0.6) is 0 Å². The van der Waals surface area contributed by atoms with E-state index in [4.69, 9.17) is 10.5 Å². The zero-order valence-corrected chi connectivity index (χ0v) is 6.95. The van der Waals surface area contributed by atoms with E-state index in [9.17, 15) is 0 Å². The van der Waals surface area contributed by atoms with Crippen LogP contribution in [0, 0.1) is 0 Å². The van der Waals surface area contributed by atoms with Crippen LogP contribution in [0.4, 0.5) is 5.95 Å². The first kappa shape index (κ1) is 7.54.